The third-order valence-electron chi connectivity index (χ3n) is 5.33. The standard InChI is InChI=1S/C25H24FN3O5/c1-14(2)20(29-25(31)33-13-15-7-5-4-6-8-15)23-28-21(24(30)32-3)22(34-23)18-12-27-19-10-9-16(26)11-17(18)19/h4-12,14,20,27H,13H2,1-3H3,(H,29,31)/t20-/m0/s1. The number of aromatic amines is 1. The van der Waals surface area contributed by atoms with Gasteiger partial charge in [0.1, 0.15) is 18.5 Å². The van der Waals surface area contributed by atoms with Gasteiger partial charge in [0.25, 0.3) is 0 Å². The lowest BCUT2D eigenvalue weighted by molar-refractivity contribution is 0.0595. The highest BCUT2D eigenvalue weighted by Crippen LogP contribution is 2.35. The molecular formula is C25H24FN3O5. The molecule has 2 N–H and O–H groups in total. The average Bonchev–Trinajstić information content (AvgIpc) is 3.45. The molecule has 0 saturated heterocycles. The summed E-state index contributed by atoms with van der Waals surface area (Å²) in [6, 6.07) is 12.8. The van der Waals surface area contributed by atoms with Crippen molar-refractivity contribution in [2.24, 2.45) is 5.92 Å². The highest BCUT2D eigenvalue weighted by atomic mass is 19.1. The van der Waals surface area contributed by atoms with Crippen LogP contribution in [0, 0.1) is 11.7 Å². The lowest BCUT2D eigenvalue weighted by atomic mass is 10.1. The smallest absolute Gasteiger partial charge is 0.408 e. The van der Waals surface area contributed by atoms with Crippen LogP contribution in [0.3, 0.4) is 0 Å². The summed E-state index contributed by atoms with van der Waals surface area (Å²) >= 11 is 0. The Kier molecular flexibility index (Phi) is 6.62. The summed E-state index contributed by atoms with van der Waals surface area (Å²) in [7, 11) is 1.23. The molecule has 176 valence electrons. The molecule has 0 radical (unpaired) electrons. The van der Waals surface area contributed by atoms with Crippen molar-refractivity contribution in [3.05, 3.63) is 77.7 Å². The Hall–Kier alpha value is -4.14. The van der Waals surface area contributed by atoms with Crippen LogP contribution in [0.15, 0.2) is 59.1 Å². The third kappa shape index (κ3) is 4.78. The van der Waals surface area contributed by atoms with Crippen LogP contribution in [0.4, 0.5) is 9.18 Å². The molecule has 0 saturated carbocycles. The molecule has 0 aliphatic heterocycles. The number of H-pyrrole nitrogens is 1. The van der Waals surface area contributed by atoms with Gasteiger partial charge in [0.05, 0.1) is 7.11 Å². The van der Waals surface area contributed by atoms with Crippen LogP contribution in [0.5, 0.6) is 0 Å². The molecule has 34 heavy (non-hydrogen) atoms. The Balaban J connectivity index is 1.65. The maximum atomic E-state index is 13.9. The molecule has 0 aliphatic carbocycles. The number of amides is 1. The number of rotatable bonds is 7. The average molecular weight is 465 g/mol. The van der Waals surface area contributed by atoms with E-state index in [0.29, 0.717) is 16.5 Å². The minimum Gasteiger partial charge on any atom is -0.464 e. The molecule has 0 unspecified atom stereocenters. The number of carbonyl (C=O) groups excluding carboxylic acids is 2. The summed E-state index contributed by atoms with van der Waals surface area (Å²) in [6.45, 7) is 3.83. The highest BCUT2D eigenvalue weighted by Gasteiger charge is 2.30. The van der Waals surface area contributed by atoms with Crippen molar-refractivity contribution in [2.45, 2.75) is 26.5 Å². The number of oxazole rings is 1. The van der Waals surface area contributed by atoms with Crippen molar-refractivity contribution in [1.29, 1.82) is 0 Å². The first-order valence-corrected chi connectivity index (χ1v) is 10.7. The molecule has 0 fully saturated rings. The molecule has 0 aliphatic rings. The molecule has 1 amide bonds. The van der Waals surface area contributed by atoms with E-state index in [0.717, 1.165) is 5.56 Å². The Labute approximate surface area is 195 Å². The summed E-state index contributed by atoms with van der Waals surface area (Å²) in [6.07, 6.45) is 0.948. The fraction of sp³-hybridized carbons (Fsp3) is 0.240. The number of nitrogens with zero attached hydrogens (tertiary/aromatic N) is 1. The second-order valence-corrected chi connectivity index (χ2v) is 8.04. The Morgan fingerprint density at radius 2 is 1.94 bits per heavy atom. The molecule has 2 aromatic heterocycles. The van der Waals surface area contributed by atoms with Gasteiger partial charge in [0, 0.05) is 22.7 Å². The predicted molar refractivity (Wildman–Crippen MR) is 122 cm³/mol. The molecule has 2 aromatic carbocycles. The summed E-state index contributed by atoms with van der Waals surface area (Å²) in [5.41, 5.74) is 1.88. The molecular weight excluding hydrogens is 441 g/mol. The second-order valence-electron chi connectivity index (χ2n) is 8.04. The molecule has 0 bridgehead atoms. The van der Waals surface area contributed by atoms with Crippen LogP contribution in [-0.4, -0.2) is 29.1 Å². The van der Waals surface area contributed by atoms with E-state index in [1.54, 1.807) is 12.3 Å². The number of nitrogens with one attached hydrogen (secondary N) is 2. The van der Waals surface area contributed by atoms with Crippen molar-refractivity contribution < 1.29 is 27.9 Å². The van der Waals surface area contributed by atoms with E-state index in [1.165, 1.54) is 19.2 Å². The van der Waals surface area contributed by atoms with Crippen molar-refractivity contribution in [3.63, 3.8) is 0 Å². The van der Waals surface area contributed by atoms with Crippen LogP contribution >= 0.6 is 0 Å². The van der Waals surface area contributed by atoms with Gasteiger partial charge in [0.2, 0.25) is 5.89 Å². The molecule has 2 heterocycles. The van der Waals surface area contributed by atoms with Gasteiger partial charge in [-0.1, -0.05) is 44.2 Å². The highest BCUT2D eigenvalue weighted by molar-refractivity contribution is 6.01. The number of esters is 1. The summed E-state index contributed by atoms with van der Waals surface area (Å²) in [5, 5.41) is 3.27. The van der Waals surface area contributed by atoms with Crippen LogP contribution < -0.4 is 5.32 Å². The number of fused-ring (bicyclic) bond motifs is 1. The number of carbonyl (C=O) groups is 2. The molecule has 1 atom stereocenters. The van der Waals surface area contributed by atoms with Crippen molar-refractivity contribution >= 4 is 23.0 Å². The van der Waals surface area contributed by atoms with Gasteiger partial charge in [-0.05, 0) is 29.7 Å². The molecule has 4 aromatic rings. The number of ether oxygens (including phenoxy) is 2. The fourth-order valence-electron chi connectivity index (χ4n) is 3.57. The van der Waals surface area contributed by atoms with E-state index >= 15 is 0 Å². The monoisotopic (exact) mass is 465 g/mol. The van der Waals surface area contributed by atoms with Gasteiger partial charge in [-0.15, -0.1) is 0 Å². The zero-order valence-electron chi connectivity index (χ0n) is 18.9. The maximum Gasteiger partial charge on any atom is 0.408 e. The van der Waals surface area contributed by atoms with Crippen LogP contribution in [0.2, 0.25) is 0 Å². The molecule has 0 spiro atoms. The summed E-state index contributed by atoms with van der Waals surface area (Å²) in [5.74, 6) is -1.08. The van der Waals surface area contributed by atoms with Gasteiger partial charge >= 0.3 is 12.1 Å². The van der Waals surface area contributed by atoms with E-state index in [1.807, 2.05) is 44.2 Å². The van der Waals surface area contributed by atoms with E-state index in [2.05, 4.69) is 15.3 Å². The first-order chi connectivity index (χ1) is 16.4. The van der Waals surface area contributed by atoms with Gasteiger partial charge in [-0.25, -0.2) is 19.0 Å². The summed E-state index contributed by atoms with van der Waals surface area (Å²) in [4.78, 5) is 32.3. The SMILES string of the molecule is COC(=O)c1nc([C@@H](NC(=O)OCc2ccccc2)C(C)C)oc1-c1c[nH]c2ccc(F)cc12. The van der Waals surface area contributed by atoms with Gasteiger partial charge in [0.15, 0.2) is 11.5 Å². The van der Waals surface area contributed by atoms with E-state index in [-0.39, 0.29) is 29.9 Å². The molecule has 8 nitrogen and oxygen atoms in total. The Bertz CT molecular complexity index is 1310. The zero-order chi connectivity index (χ0) is 24.2. The Morgan fingerprint density at radius 1 is 1.18 bits per heavy atom. The molecule has 4 rings (SSSR count). The van der Waals surface area contributed by atoms with Crippen LogP contribution in [-0.2, 0) is 16.1 Å². The number of benzene rings is 2. The first-order valence-electron chi connectivity index (χ1n) is 10.7. The summed E-state index contributed by atoms with van der Waals surface area (Å²) < 4.78 is 30.1. The number of hydrogen-bond donors (Lipinski definition) is 2. The topological polar surface area (TPSA) is 106 Å². The number of aromatic nitrogens is 2. The zero-order valence-corrected chi connectivity index (χ0v) is 18.9. The van der Waals surface area contributed by atoms with E-state index < -0.39 is 23.9 Å². The van der Waals surface area contributed by atoms with E-state index in [9.17, 15) is 14.0 Å². The van der Waals surface area contributed by atoms with Gasteiger partial charge < -0.3 is 24.2 Å². The lowest BCUT2D eigenvalue weighted by Gasteiger charge is -2.19. The van der Waals surface area contributed by atoms with Gasteiger partial charge in [-0.3, -0.25) is 0 Å². The van der Waals surface area contributed by atoms with Crippen molar-refractivity contribution in [2.75, 3.05) is 7.11 Å². The Morgan fingerprint density at radius 3 is 2.65 bits per heavy atom. The van der Waals surface area contributed by atoms with Gasteiger partial charge in [-0.2, -0.15) is 0 Å². The quantitative estimate of drug-likeness (QED) is 0.355. The number of alkyl carbamates (subject to hydrolysis) is 1. The lowest BCUT2D eigenvalue weighted by Crippen LogP contribution is -2.32. The maximum absolute atomic E-state index is 13.9. The minimum absolute atomic E-state index is 0.0761. The van der Waals surface area contributed by atoms with Crippen LogP contribution in [0.1, 0.15) is 41.8 Å². The fourth-order valence-corrected chi connectivity index (χ4v) is 3.57. The van der Waals surface area contributed by atoms with Crippen molar-refractivity contribution in [3.8, 4) is 11.3 Å². The molecule has 9 heteroatoms. The van der Waals surface area contributed by atoms with E-state index in [4.69, 9.17) is 13.9 Å². The minimum atomic E-state index is -0.718. The first kappa shape index (κ1) is 23.0. The number of methoxy groups -OCH3 is 1. The van der Waals surface area contributed by atoms with Crippen molar-refractivity contribution in [1.82, 2.24) is 15.3 Å². The third-order valence-corrected chi connectivity index (χ3v) is 5.33. The predicted octanol–water partition coefficient (Wildman–Crippen LogP) is 5.37. The normalized spacial score (nSPS) is 12.0. The second kappa shape index (κ2) is 9.78. The number of hydrogen-bond acceptors (Lipinski definition) is 6. The number of halogens is 1. The largest absolute Gasteiger partial charge is 0.464 e. The van der Waals surface area contributed by atoms with Crippen LogP contribution in [0.25, 0.3) is 22.2 Å².